The van der Waals surface area contributed by atoms with Gasteiger partial charge in [-0.05, 0) is 47.1 Å². The van der Waals surface area contributed by atoms with E-state index in [0.29, 0.717) is 5.75 Å². The molecular formula is C19H20O4. The molecular weight excluding hydrogens is 292 g/mol. The number of benzene rings is 2. The number of aryl methyl sites for hydroxylation is 1. The lowest BCUT2D eigenvalue weighted by Gasteiger charge is -2.18. The van der Waals surface area contributed by atoms with Crippen LogP contribution in [0, 0.1) is 6.92 Å². The maximum absolute atomic E-state index is 11.5. The van der Waals surface area contributed by atoms with E-state index in [1.165, 1.54) is 6.92 Å². The summed E-state index contributed by atoms with van der Waals surface area (Å²) in [6, 6.07) is 7.65. The van der Waals surface area contributed by atoms with E-state index in [4.69, 9.17) is 9.84 Å². The van der Waals surface area contributed by atoms with Crippen LogP contribution >= 0.6 is 0 Å². The average Bonchev–Trinajstić information content (AvgIpc) is 2.45. The van der Waals surface area contributed by atoms with Crippen molar-refractivity contribution in [1.29, 1.82) is 0 Å². The molecule has 0 aliphatic rings. The SMILES string of the molecule is CC(=O)Oc1c(C(C)C)cc(C=CC(=O)O)c2cccc(C)c12. The second kappa shape index (κ2) is 6.65. The van der Waals surface area contributed by atoms with Crippen LogP contribution in [-0.2, 0) is 9.59 Å². The Bertz CT molecular complexity index is 801. The highest BCUT2D eigenvalue weighted by Crippen LogP contribution is 2.39. The molecule has 0 aliphatic carbocycles. The number of aliphatic carboxylic acids is 1. The van der Waals surface area contributed by atoms with Gasteiger partial charge in [-0.3, -0.25) is 4.79 Å². The Kier molecular flexibility index (Phi) is 4.84. The molecule has 0 unspecified atom stereocenters. The highest BCUT2D eigenvalue weighted by atomic mass is 16.5. The summed E-state index contributed by atoms with van der Waals surface area (Å²) in [5.41, 5.74) is 2.66. The zero-order valence-corrected chi connectivity index (χ0v) is 13.7. The lowest BCUT2D eigenvalue weighted by atomic mass is 9.91. The molecule has 0 saturated heterocycles. The van der Waals surface area contributed by atoms with E-state index in [-0.39, 0.29) is 11.9 Å². The first kappa shape index (κ1) is 16.7. The minimum absolute atomic E-state index is 0.130. The number of carboxylic acids is 1. The van der Waals surface area contributed by atoms with E-state index >= 15 is 0 Å². The lowest BCUT2D eigenvalue weighted by Crippen LogP contribution is -2.07. The monoisotopic (exact) mass is 312 g/mol. The fourth-order valence-corrected chi connectivity index (χ4v) is 2.65. The first-order valence-electron chi connectivity index (χ1n) is 7.47. The van der Waals surface area contributed by atoms with E-state index in [9.17, 15) is 9.59 Å². The predicted octanol–water partition coefficient (Wildman–Crippen LogP) is 4.29. The Labute approximate surface area is 135 Å². The van der Waals surface area contributed by atoms with Crippen LogP contribution in [0.15, 0.2) is 30.3 Å². The van der Waals surface area contributed by atoms with Crippen molar-refractivity contribution < 1.29 is 19.4 Å². The number of carboxylic acid groups (broad SMARTS) is 1. The number of rotatable bonds is 4. The number of carbonyl (C=O) groups excluding carboxylic acids is 1. The quantitative estimate of drug-likeness (QED) is 0.519. The summed E-state index contributed by atoms with van der Waals surface area (Å²) < 4.78 is 5.50. The summed E-state index contributed by atoms with van der Waals surface area (Å²) in [6.07, 6.45) is 2.69. The molecule has 4 nitrogen and oxygen atoms in total. The Balaban J connectivity index is 2.87. The molecule has 2 rings (SSSR count). The molecule has 0 bridgehead atoms. The predicted molar refractivity (Wildman–Crippen MR) is 90.8 cm³/mol. The number of fused-ring (bicyclic) bond motifs is 1. The van der Waals surface area contributed by atoms with E-state index in [1.807, 2.05) is 45.0 Å². The average molecular weight is 312 g/mol. The minimum atomic E-state index is -0.999. The second-order valence-corrected chi connectivity index (χ2v) is 5.80. The van der Waals surface area contributed by atoms with Crippen LogP contribution in [0.25, 0.3) is 16.8 Å². The first-order chi connectivity index (χ1) is 10.8. The summed E-state index contributed by atoms with van der Waals surface area (Å²) in [7, 11) is 0. The summed E-state index contributed by atoms with van der Waals surface area (Å²) >= 11 is 0. The third-order valence-electron chi connectivity index (χ3n) is 3.66. The summed E-state index contributed by atoms with van der Waals surface area (Å²) in [5.74, 6) is -0.676. The standard InChI is InChI=1S/C19H20O4/c1-11(2)16-10-14(8-9-17(21)22)15-7-5-6-12(3)18(15)19(16)23-13(4)20/h5-11H,1-4H3,(H,21,22). The summed E-state index contributed by atoms with van der Waals surface area (Å²) in [5, 5.41) is 10.6. The maximum atomic E-state index is 11.5. The lowest BCUT2D eigenvalue weighted by molar-refractivity contribution is -0.132. The van der Waals surface area contributed by atoms with E-state index in [2.05, 4.69) is 0 Å². The molecule has 0 aromatic heterocycles. The third-order valence-corrected chi connectivity index (χ3v) is 3.66. The van der Waals surface area contributed by atoms with Gasteiger partial charge in [0.2, 0.25) is 0 Å². The van der Waals surface area contributed by atoms with Gasteiger partial charge in [-0.1, -0.05) is 32.0 Å². The van der Waals surface area contributed by atoms with E-state index in [1.54, 1.807) is 6.08 Å². The molecule has 120 valence electrons. The molecule has 0 saturated carbocycles. The number of hydrogen-bond donors (Lipinski definition) is 1. The normalized spacial score (nSPS) is 11.3. The highest BCUT2D eigenvalue weighted by molar-refractivity contribution is 6.01. The van der Waals surface area contributed by atoms with Crippen molar-refractivity contribution in [3.63, 3.8) is 0 Å². The molecule has 0 amide bonds. The van der Waals surface area contributed by atoms with Crippen molar-refractivity contribution in [2.75, 3.05) is 0 Å². The smallest absolute Gasteiger partial charge is 0.328 e. The second-order valence-electron chi connectivity index (χ2n) is 5.80. The van der Waals surface area contributed by atoms with Crippen LogP contribution in [0.3, 0.4) is 0 Å². The molecule has 4 heteroatoms. The summed E-state index contributed by atoms with van der Waals surface area (Å²) in [4.78, 5) is 22.4. The molecule has 0 heterocycles. The van der Waals surface area contributed by atoms with Crippen LogP contribution in [0.5, 0.6) is 5.75 Å². The Hall–Kier alpha value is -2.62. The highest BCUT2D eigenvalue weighted by Gasteiger charge is 2.18. The topological polar surface area (TPSA) is 63.6 Å². The van der Waals surface area contributed by atoms with Crippen molar-refractivity contribution in [2.24, 2.45) is 0 Å². The summed E-state index contributed by atoms with van der Waals surface area (Å²) in [6.45, 7) is 7.35. The van der Waals surface area contributed by atoms with Crippen LogP contribution in [0.1, 0.15) is 43.4 Å². The van der Waals surface area contributed by atoms with Crippen molar-refractivity contribution >= 4 is 28.8 Å². The molecule has 0 fully saturated rings. The van der Waals surface area contributed by atoms with Gasteiger partial charge in [-0.2, -0.15) is 0 Å². The third kappa shape index (κ3) is 3.59. The molecule has 2 aromatic rings. The van der Waals surface area contributed by atoms with Crippen molar-refractivity contribution in [3.05, 3.63) is 47.0 Å². The maximum Gasteiger partial charge on any atom is 0.328 e. The Morgan fingerprint density at radius 3 is 2.52 bits per heavy atom. The van der Waals surface area contributed by atoms with Gasteiger partial charge in [0, 0.05) is 18.4 Å². The van der Waals surface area contributed by atoms with Gasteiger partial charge in [-0.15, -0.1) is 0 Å². The van der Waals surface area contributed by atoms with Crippen molar-refractivity contribution in [1.82, 2.24) is 0 Å². The van der Waals surface area contributed by atoms with E-state index in [0.717, 1.165) is 33.5 Å². The molecule has 0 radical (unpaired) electrons. The van der Waals surface area contributed by atoms with Gasteiger partial charge in [0.05, 0.1) is 0 Å². The largest absolute Gasteiger partial charge is 0.478 e. The van der Waals surface area contributed by atoms with Gasteiger partial charge >= 0.3 is 11.9 Å². The van der Waals surface area contributed by atoms with Crippen LogP contribution in [-0.4, -0.2) is 17.0 Å². The number of ether oxygens (including phenoxy) is 1. The van der Waals surface area contributed by atoms with Gasteiger partial charge in [0.15, 0.2) is 0 Å². The minimum Gasteiger partial charge on any atom is -0.478 e. The zero-order valence-electron chi connectivity index (χ0n) is 13.7. The first-order valence-corrected chi connectivity index (χ1v) is 7.47. The van der Waals surface area contributed by atoms with Crippen LogP contribution in [0.2, 0.25) is 0 Å². The molecule has 2 aromatic carbocycles. The zero-order chi connectivity index (χ0) is 17.1. The molecule has 1 N–H and O–H groups in total. The number of carbonyl (C=O) groups is 2. The number of hydrogen-bond acceptors (Lipinski definition) is 3. The molecule has 0 aliphatic heterocycles. The van der Waals surface area contributed by atoms with Gasteiger partial charge < -0.3 is 9.84 Å². The Morgan fingerprint density at radius 1 is 1.26 bits per heavy atom. The van der Waals surface area contributed by atoms with Crippen molar-refractivity contribution in [3.8, 4) is 5.75 Å². The van der Waals surface area contributed by atoms with Gasteiger partial charge in [0.1, 0.15) is 5.75 Å². The van der Waals surface area contributed by atoms with Crippen molar-refractivity contribution in [2.45, 2.75) is 33.6 Å². The van der Waals surface area contributed by atoms with Gasteiger partial charge in [-0.25, -0.2) is 4.79 Å². The molecule has 23 heavy (non-hydrogen) atoms. The fourth-order valence-electron chi connectivity index (χ4n) is 2.65. The molecule has 0 spiro atoms. The fraction of sp³-hybridized carbons (Fsp3) is 0.263. The number of esters is 1. The van der Waals surface area contributed by atoms with Crippen LogP contribution in [0.4, 0.5) is 0 Å². The van der Waals surface area contributed by atoms with E-state index < -0.39 is 5.97 Å². The molecule has 0 atom stereocenters. The Morgan fingerprint density at radius 2 is 1.96 bits per heavy atom. The van der Waals surface area contributed by atoms with Gasteiger partial charge in [0.25, 0.3) is 0 Å². The van der Waals surface area contributed by atoms with Crippen LogP contribution < -0.4 is 4.74 Å².